The zero-order valence-corrected chi connectivity index (χ0v) is 16.3. The molecule has 0 fully saturated rings. The van der Waals surface area contributed by atoms with Crippen LogP contribution in [0.1, 0.15) is 16.9 Å². The Hall–Kier alpha value is -3.66. The lowest BCUT2D eigenvalue weighted by molar-refractivity contribution is 0.0972. The zero-order chi connectivity index (χ0) is 19.9. The van der Waals surface area contributed by atoms with Crippen molar-refractivity contribution in [3.63, 3.8) is 0 Å². The lowest BCUT2D eigenvalue weighted by Crippen LogP contribution is -2.36. The molecule has 1 aromatic carbocycles. The summed E-state index contributed by atoms with van der Waals surface area (Å²) in [7, 11) is 0. The molecule has 10 nitrogen and oxygen atoms in total. The number of nitrogens with one attached hydrogen (secondary N) is 3. The molecule has 29 heavy (non-hydrogen) atoms. The zero-order valence-electron chi connectivity index (χ0n) is 15.5. The molecule has 0 radical (unpaired) electrons. The van der Waals surface area contributed by atoms with Gasteiger partial charge in [-0.05, 0) is 6.42 Å². The van der Waals surface area contributed by atoms with Crippen LogP contribution in [0.3, 0.4) is 0 Å². The van der Waals surface area contributed by atoms with E-state index >= 15 is 0 Å². The van der Waals surface area contributed by atoms with Crippen LogP contribution < -0.4 is 22.1 Å². The maximum atomic E-state index is 12.2. The number of nitrogens with zero attached hydrogens (tertiary/aromatic N) is 4. The number of aryl methyl sites for hydroxylation is 1. The molecule has 2 aromatic heterocycles. The summed E-state index contributed by atoms with van der Waals surface area (Å²) in [6.45, 7) is 1.43. The van der Waals surface area contributed by atoms with Crippen LogP contribution in [0.4, 0.5) is 11.6 Å². The number of carbonyl (C=O) groups excluding carboxylic acids is 1. The van der Waals surface area contributed by atoms with Crippen molar-refractivity contribution in [1.82, 2.24) is 24.8 Å². The van der Waals surface area contributed by atoms with Gasteiger partial charge >= 0.3 is 0 Å². The van der Waals surface area contributed by atoms with E-state index in [0.717, 1.165) is 18.5 Å². The number of hydrogen-bond acceptors (Lipinski definition) is 7. The lowest BCUT2D eigenvalue weighted by atomic mass is 10.1. The van der Waals surface area contributed by atoms with Gasteiger partial charge in [-0.2, -0.15) is 0 Å². The summed E-state index contributed by atoms with van der Waals surface area (Å²) in [6.07, 6.45) is 6.22. The van der Waals surface area contributed by atoms with Crippen LogP contribution in [-0.4, -0.2) is 37.9 Å². The van der Waals surface area contributed by atoms with Crippen LogP contribution in [0, 0.1) is 5.41 Å². The summed E-state index contributed by atoms with van der Waals surface area (Å²) in [4.78, 5) is 25.0. The molecule has 7 N–H and O–H groups in total. The monoisotopic (exact) mass is 415 g/mol. The highest BCUT2D eigenvalue weighted by atomic mass is 35.5. The maximum absolute atomic E-state index is 12.2. The smallest absolute Gasteiger partial charge is 0.280 e. The van der Waals surface area contributed by atoms with Gasteiger partial charge in [0.25, 0.3) is 5.91 Å². The highest BCUT2D eigenvalue weighted by Gasteiger charge is 2.19. The second-order valence-electron chi connectivity index (χ2n) is 5.97. The molecule has 0 bridgehead atoms. The van der Waals surface area contributed by atoms with E-state index in [9.17, 15) is 4.79 Å². The third-order valence-corrected chi connectivity index (χ3v) is 3.88. The predicted octanol–water partition coefficient (Wildman–Crippen LogP) is 1.47. The van der Waals surface area contributed by atoms with Crippen LogP contribution in [0.15, 0.2) is 49.1 Å². The van der Waals surface area contributed by atoms with Crippen LogP contribution >= 0.6 is 12.4 Å². The number of aromatic nitrogens is 4. The van der Waals surface area contributed by atoms with E-state index in [1.54, 1.807) is 12.5 Å². The van der Waals surface area contributed by atoms with Crippen molar-refractivity contribution in [3.8, 4) is 11.3 Å². The minimum atomic E-state index is -0.679. The number of imidazole rings is 1. The van der Waals surface area contributed by atoms with Gasteiger partial charge in [0.05, 0.1) is 6.33 Å². The Morgan fingerprint density at radius 2 is 1.97 bits per heavy atom. The number of anilines is 2. The van der Waals surface area contributed by atoms with Crippen molar-refractivity contribution in [1.29, 1.82) is 5.41 Å². The molecule has 2 heterocycles. The Balaban J connectivity index is 0.00000300. The summed E-state index contributed by atoms with van der Waals surface area (Å²) in [5, 5.41) is 12.6. The average Bonchev–Trinajstić information content (AvgIpc) is 3.19. The van der Waals surface area contributed by atoms with Crippen molar-refractivity contribution in [2.45, 2.75) is 13.0 Å². The number of nitrogen functional groups attached to an aromatic ring is 1. The first-order valence-electron chi connectivity index (χ1n) is 8.62. The topological polar surface area (TPSA) is 161 Å². The van der Waals surface area contributed by atoms with Crippen molar-refractivity contribution in [2.75, 3.05) is 17.6 Å². The molecular formula is C18H22ClN9O. The largest absolute Gasteiger partial charge is 0.382 e. The molecule has 11 heteroatoms. The highest BCUT2D eigenvalue weighted by molar-refractivity contribution is 6.06. The van der Waals surface area contributed by atoms with E-state index in [1.807, 2.05) is 41.1 Å². The third-order valence-electron chi connectivity index (χ3n) is 3.88. The third kappa shape index (κ3) is 5.66. The van der Waals surface area contributed by atoms with E-state index in [-0.39, 0.29) is 23.9 Å². The lowest BCUT2D eigenvalue weighted by Gasteiger charge is -2.14. The quantitative estimate of drug-likeness (QED) is 0.222. The summed E-state index contributed by atoms with van der Waals surface area (Å²) >= 11 is 0. The normalized spacial score (nSPS) is 10.1. The number of rotatable bonds is 7. The maximum Gasteiger partial charge on any atom is 0.280 e. The fourth-order valence-corrected chi connectivity index (χ4v) is 2.60. The summed E-state index contributed by atoms with van der Waals surface area (Å²) in [6, 6.07) is 9.35. The second kappa shape index (κ2) is 10.0. The number of hydrogen-bond donors (Lipinski definition) is 5. The van der Waals surface area contributed by atoms with E-state index < -0.39 is 11.9 Å². The van der Waals surface area contributed by atoms with E-state index in [4.69, 9.17) is 16.9 Å². The highest BCUT2D eigenvalue weighted by Crippen LogP contribution is 2.26. The fraction of sp³-hybridized carbons (Fsp3) is 0.167. The molecule has 0 aliphatic rings. The first-order chi connectivity index (χ1) is 13.5. The Kier molecular flexibility index (Phi) is 7.49. The second-order valence-corrected chi connectivity index (χ2v) is 5.97. The Morgan fingerprint density at radius 1 is 1.21 bits per heavy atom. The van der Waals surface area contributed by atoms with E-state index in [2.05, 4.69) is 25.6 Å². The number of nitrogens with two attached hydrogens (primary N) is 2. The van der Waals surface area contributed by atoms with Crippen LogP contribution in [0.25, 0.3) is 11.3 Å². The van der Waals surface area contributed by atoms with Crippen molar-refractivity contribution < 1.29 is 4.79 Å². The molecule has 0 saturated carbocycles. The van der Waals surface area contributed by atoms with Crippen LogP contribution in [0.2, 0.25) is 0 Å². The number of carbonyl (C=O) groups is 1. The molecule has 0 saturated heterocycles. The average molecular weight is 416 g/mol. The Labute approximate surface area is 173 Å². The number of halogens is 1. The van der Waals surface area contributed by atoms with E-state index in [1.165, 1.54) is 0 Å². The number of amides is 1. The van der Waals surface area contributed by atoms with Crippen molar-refractivity contribution in [3.05, 3.63) is 54.7 Å². The molecule has 3 aromatic rings. The molecule has 0 atom stereocenters. The molecule has 1 amide bonds. The van der Waals surface area contributed by atoms with Gasteiger partial charge in [0.1, 0.15) is 5.69 Å². The molecule has 152 valence electrons. The Morgan fingerprint density at radius 3 is 2.62 bits per heavy atom. The molecule has 0 spiro atoms. The van der Waals surface area contributed by atoms with Gasteiger partial charge in [0.15, 0.2) is 23.3 Å². The molecule has 3 rings (SSSR count). The van der Waals surface area contributed by atoms with Crippen molar-refractivity contribution in [2.24, 2.45) is 5.73 Å². The van der Waals surface area contributed by atoms with Gasteiger partial charge in [0.2, 0.25) is 0 Å². The van der Waals surface area contributed by atoms with Crippen molar-refractivity contribution >= 4 is 35.9 Å². The van der Waals surface area contributed by atoms with E-state index in [0.29, 0.717) is 18.1 Å². The molecule has 0 aliphatic carbocycles. The fourth-order valence-electron chi connectivity index (χ4n) is 2.60. The SMILES string of the molecule is Cl.N=C(N)NC(=O)c1nc(-c2ccccc2)c(NCCCn2ccnc2)nc1N. The summed E-state index contributed by atoms with van der Waals surface area (Å²) < 4.78 is 1.98. The molecular weight excluding hydrogens is 394 g/mol. The summed E-state index contributed by atoms with van der Waals surface area (Å²) in [5.41, 5.74) is 12.3. The first-order valence-corrected chi connectivity index (χ1v) is 8.62. The number of benzene rings is 1. The summed E-state index contributed by atoms with van der Waals surface area (Å²) in [5.74, 6) is -0.736. The van der Waals surface area contributed by atoms with Crippen LogP contribution in [-0.2, 0) is 6.54 Å². The van der Waals surface area contributed by atoms with Crippen LogP contribution in [0.5, 0.6) is 0 Å². The predicted molar refractivity (Wildman–Crippen MR) is 114 cm³/mol. The minimum absolute atomic E-state index is 0. The molecule has 0 unspecified atom stereocenters. The van der Waals surface area contributed by atoms with Gasteiger partial charge in [-0.1, -0.05) is 30.3 Å². The van der Waals surface area contributed by atoms with Gasteiger partial charge in [-0.25, -0.2) is 15.0 Å². The van der Waals surface area contributed by atoms with Gasteiger partial charge in [-0.15, -0.1) is 12.4 Å². The standard InChI is InChI=1S/C18H21N9O.ClH/c19-15-14(17(28)26-18(20)21)24-13(12-5-2-1-3-6-12)16(25-15)23-7-4-9-27-10-8-22-11-27;/h1-3,5-6,8,10-11H,4,7,9H2,(H3,19,23,25)(H4,20,21,26,28);1H. The minimum Gasteiger partial charge on any atom is -0.382 e. The Bertz CT molecular complexity index is 961. The molecule has 0 aliphatic heterocycles. The first kappa shape index (κ1) is 21.6. The number of guanidine groups is 1. The van der Waals surface area contributed by atoms with Gasteiger partial charge < -0.3 is 21.4 Å². The van der Waals surface area contributed by atoms with Gasteiger partial charge in [-0.3, -0.25) is 15.5 Å². The van der Waals surface area contributed by atoms with Gasteiger partial charge in [0, 0.05) is 31.0 Å².